The summed E-state index contributed by atoms with van der Waals surface area (Å²) in [7, 11) is 0. The summed E-state index contributed by atoms with van der Waals surface area (Å²) in [5.41, 5.74) is 11.6. The molecule has 0 saturated carbocycles. The summed E-state index contributed by atoms with van der Waals surface area (Å²) in [5, 5.41) is 0. The molecule has 0 heteroatoms. The number of aryl methyl sites for hydroxylation is 2. The summed E-state index contributed by atoms with van der Waals surface area (Å²) in [6.07, 6.45) is 3.65. The van der Waals surface area contributed by atoms with E-state index in [9.17, 15) is 0 Å². The second kappa shape index (κ2) is 3.60. The van der Waals surface area contributed by atoms with E-state index in [0.29, 0.717) is 5.92 Å². The first-order valence-electron chi connectivity index (χ1n) is 7.11. The van der Waals surface area contributed by atoms with Crippen LogP contribution in [0.5, 0.6) is 0 Å². The average molecular weight is 246 g/mol. The number of hydrogen-bond acceptors (Lipinski definition) is 0. The van der Waals surface area contributed by atoms with Gasteiger partial charge in [0, 0.05) is 0 Å². The Labute approximate surface area is 114 Å². The summed E-state index contributed by atoms with van der Waals surface area (Å²) in [6, 6.07) is 11.5. The molecule has 0 fully saturated rings. The summed E-state index contributed by atoms with van der Waals surface area (Å²) in [4.78, 5) is 0. The molecule has 2 aromatic rings. The molecular formula is C19H18. The molecule has 0 aliphatic heterocycles. The molecule has 0 N–H and O–H groups in total. The molecular weight excluding hydrogens is 228 g/mol. The fourth-order valence-corrected chi connectivity index (χ4v) is 3.64. The van der Waals surface area contributed by atoms with Crippen LogP contribution < -0.4 is 0 Å². The van der Waals surface area contributed by atoms with Gasteiger partial charge in [-0.15, -0.1) is 0 Å². The number of fused-ring (bicyclic) bond motifs is 3. The molecule has 0 saturated heterocycles. The minimum Gasteiger partial charge on any atom is -0.0728 e. The second-order valence-electron chi connectivity index (χ2n) is 6.09. The van der Waals surface area contributed by atoms with Crippen molar-refractivity contribution in [3.05, 3.63) is 64.2 Å². The summed E-state index contributed by atoms with van der Waals surface area (Å²) in [6.45, 7) is 6.76. The summed E-state index contributed by atoms with van der Waals surface area (Å²) >= 11 is 0. The van der Waals surface area contributed by atoms with Gasteiger partial charge < -0.3 is 0 Å². The number of benzene rings is 2. The lowest BCUT2D eigenvalue weighted by Gasteiger charge is -2.21. The zero-order valence-corrected chi connectivity index (χ0v) is 11.7. The largest absolute Gasteiger partial charge is 0.0728 e. The van der Waals surface area contributed by atoms with Gasteiger partial charge in [-0.1, -0.05) is 48.9 Å². The third-order valence-corrected chi connectivity index (χ3v) is 4.55. The molecule has 19 heavy (non-hydrogen) atoms. The molecule has 2 aliphatic carbocycles. The monoisotopic (exact) mass is 246 g/mol. The van der Waals surface area contributed by atoms with Gasteiger partial charge in [0.05, 0.1) is 0 Å². The van der Waals surface area contributed by atoms with Gasteiger partial charge in [-0.3, -0.25) is 0 Å². The highest BCUT2D eigenvalue weighted by atomic mass is 14.3. The maximum absolute atomic E-state index is 2.47. The Morgan fingerprint density at radius 1 is 0.947 bits per heavy atom. The van der Waals surface area contributed by atoms with Crippen LogP contribution in [0.3, 0.4) is 0 Å². The van der Waals surface area contributed by atoms with Crippen molar-refractivity contribution in [1.29, 1.82) is 0 Å². The third kappa shape index (κ3) is 1.40. The van der Waals surface area contributed by atoms with E-state index in [0.717, 1.165) is 0 Å². The summed E-state index contributed by atoms with van der Waals surface area (Å²) < 4.78 is 0. The van der Waals surface area contributed by atoms with E-state index in [1.54, 1.807) is 5.56 Å². The van der Waals surface area contributed by atoms with Crippen LogP contribution in [-0.4, -0.2) is 0 Å². The van der Waals surface area contributed by atoms with Gasteiger partial charge in [0.15, 0.2) is 0 Å². The summed E-state index contributed by atoms with van der Waals surface area (Å²) in [5.74, 6) is 0.642. The van der Waals surface area contributed by atoms with E-state index < -0.39 is 0 Å². The highest BCUT2D eigenvalue weighted by Crippen LogP contribution is 2.49. The van der Waals surface area contributed by atoms with Crippen molar-refractivity contribution in [1.82, 2.24) is 0 Å². The third-order valence-electron chi connectivity index (χ3n) is 4.55. The number of hydrogen-bond donors (Lipinski definition) is 0. The van der Waals surface area contributed by atoms with E-state index in [1.807, 2.05) is 0 Å². The molecule has 0 spiro atoms. The van der Waals surface area contributed by atoms with Crippen LogP contribution in [0.4, 0.5) is 0 Å². The first-order chi connectivity index (χ1) is 9.15. The first-order valence-corrected chi connectivity index (χ1v) is 7.11. The standard InChI is InChI=1S/C19H18/c1-11-4-6-14-15-7-5-13(3)16-9-12(2)10-18(19(15)16)17(14)8-11/h4-8,10,12H,9H2,1-3H3. The number of allylic oxidation sites excluding steroid dienone is 1. The van der Waals surface area contributed by atoms with Gasteiger partial charge in [-0.25, -0.2) is 0 Å². The van der Waals surface area contributed by atoms with Gasteiger partial charge in [0.1, 0.15) is 0 Å². The second-order valence-corrected chi connectivity index (χ2v) is 6.09. The van der Waals surface area contributed by atoms with Crippen LogP contribution >= 0.6 is 0 Å². The first kappa shape index (κ1) is 11.0. The molecule has 4 rings (SSSR count). The minimum atomic E-state index is 0.642. The quantitative estimate of drug-likeness (QED) is 0.529. The molecule has 1 unspecified atom stereocenters. The van der Waals surface area contributed by atoms with E-state index in [2.05, 4.69) is 57.2 Å². The number of rotatable bonds is 0. The lowest BCUT2D eigenvalue weighted by atomic mass is 9.83. The van der Waals surface area contributed by atoms with Gasteiger partial charge >= 0.3 is 0 Å². The highest BCUT2D eigenvalue weighted by Gasteiger charge is 2.30. The van der Waals surface area contributed by atoms with Crippen molar-refractivity contribution in [2.24, 2.45) is 5.92 Å². The molecule has 94 valence electrons. The van der Waals surface area contributed by atoms with Crippen molar-refractivity contribution in [3.8, 4) is 11.1 Å². The maximum Gasteiger partial charge on any atom is -0.00671 e. The Morgan fingerprint density at radius 2 is 1.74 bits per heavy atom. The molecule has 0 nitrogen and oxygen atoms in total. The van der Waals surface area contributed by atoms with Crippen LogP contribution in [0, 0.1) is 19.8 Å². The molecule has 0 heterocycles. The SMILES string of the molecule is Cc1ccc2c(c1)C1=CC(C)Cc3c(C)ccc-2c31. The van der Waals surface area contributed by atoms with E-state index >= 15 is 0 Å². The van der Waals surface area contributed by atoms with Gasteiger partial charge in [-0.2, -0.15) is 0 Å². The molecule has 0 bridgehead atoms. The fourth-order valence-electron chi connectivity index (χ4n) is 3.64. The minimum absolute atomic E-state index is 0.642. The van der Waals surface area contributed by atoms with Crippen molar-refractivity contribution >= 4 is 5.57 Å². The topological polar surface area (TPSA) is 0 Å². The molecule has 2 aliphatic rings. The van der Waals surface area contributed by atoms with Crippen LogP contribution in [-0.2, 0) is 6.42 Å². The Hall–Kier alpha value is -1.82. The zero-order chi connectivity index (χ0) is 13.1. The van der Waals surface area contributed by atoms with Crippen LogP contribution in [0.15, 0.2) is 36.4 Å². The molecule has 0 amide bonds. The Kier molecular flexibility index (Phi) is 2.09. The average Bonchev–Trinajstić information content (AvgIpc) is 2.68. The van der Waals surface area contributed by atoms with Crippen molar-refractivity contribution in [2.75, 3.05) is 0 Å². The van der Waals surface area contributed by atoms with E-state index in [1.165, 1.54) is 45.4 Å². The molecule has 2 aromatic carbocycles. The van der Waals surface area contributed by atoms with Gasteiger partial charge in [0.2, 0.25) is 0 Å². The Morgan fingerprint density at radius 3 is 2.58 bits per heavy atom. The lowest BCUT2D eigenvalue weighted by Crippen LogP contribution is -2.08. The van der Waals surface area contributed by atoms with Crippen LogP contribution in [0.25, 0.3) is 16.7 Å². The van der Waals surface area contributed by atoms with E-state index in [4.69, 9.17) is 0 Å². The Balaban J connectivity index is 2.13. The predicted octanol–water partition coefficient (Wildman–Crippen LogP) is 4.91. The molecule has 1 atom stereocenters. The van der Waals surface area contributed by atoms with E-state index in [-0.39, 0.29) is 0 Å². The lowest BCUT2D eigenvalue weighted by molar-refractivity contribution is 0.711. The smallest absolute Gasteiger partial charge is 0.00671 e. The van der Waals surface area contributed by atoms with Gasteiger partial charge in [0.25, 0.3) is 0 Å². The highest BCUT2D eigenvalue weighted by molar-refractivity contribution is 6.03. The molecule has 0 aromatic heterocycles. The Bertz CT molecular complexity index is 732. The predicted molar refractivity (Wildman–Crippen MR) is 81.3 cm³/mol. The zero-order valence-electron chi connectivity index (χ0n) is 11.7. The fraction of sp³-hybridized carbons (Fsp3) is 0.263. The van der Waals surface area contributed by atoms with Crippen LogP contribution in [0.1, 0.15) is 34.7 Å². The maximum atomic E-state index is 2.47. The van der Waals surface area contributed by atoms with Crippen molar-refractivity contribution in [2.45, 2.75) is 27.2 Å². The van der Waals surface area contributed by atoms with Gasteiger partial charge in [-0.05, 0) is 65.1 Å². The van der Waals surface area contributed by atoms with Crippen LogP contribution in [0.2, 0.25) is 0 Å². The normalized spacial score (nSPS) is 18.9. The van der Waals surface area contributed by atoms with Crippen molar-refractivity contribution in [3.63, 3.8) is 0 Å². The van der Waals surface area contributed by atoms with Crippen molar-refractivity contribution < 1.29 is 0 Å². The molecule has 0 radical (unpaired) electrons.